The number of para-hydroxylation sites is 1. The lowest BCUT2D eigenvalue weighted by atomic mass is 9.86. The first kappa shape index (κ1) is 23.0. The second-order valence-electron chi connectivity index (χ2n) is 9.17. The predicted molar refractivity (Wildman–Crippen MR) is 143 cm³/mol. The van der Waals surface area contributed by atoms with Gasteiger partial charge in [-0.05, 0) is 41.7 Å². The van der Waals surface area contributed by atoms with Crippen LogP contribution in [0.5, 0.6) is 0 Å². The lowest BCUT2D eigenvalue weighted by molar-refractivity contribution is 0.590. The summed E-state index contributed by atoms with van der Waals surface area (Å²) in [6.07, 6.45) is 11.6. The molecule has 3 aromatic carbocycles. The minimum absolute atomic E-state index is 0.0944. The summed E-state index contributed by atoms with van der Waals surface area (Å²) >= 11 is 0. The monoisotopic (exact) mass is 443 g/mol. The fraction of sp³-hybridized carbons (Fsp3) is 0.161. The zero-order valence-corrected chi connectivity index (χ0v) is 20.2. The molecular formula is C31H29N3. The second kappa shape index (κ2) is 9.77. The van der Waals surface area contributed by atoms with Crippen molar-refractivity contribution < 1.29 is 0 Å². The van der Waals surface area contributed by atoms with Gasteiger partial charge < -0.3 is 0 Å². The molecule has 0 saturated carbocycles. The molecule has 1 heterocycles. The van der Waals surface area contributed by atoms with Gasteiger partial charge in [-0.25, -0.2) is 0 Å². The van der Waals surface area contributed by atoms with E-state index in [-0.39, 0.29) is 5.41 Å². The van der Waals surface area contributed by atoms with Crippen molar-refractivity contribution in [2.24, 2.45) is 0 Å². The normalized spacial score (nSPS) is 12.1. The molecule has 4 rings (SSSR count). The van der Waals surface area contributed by atoms with Gasteiger partial charge in [-0.15, -0.1) is 16.6 Å². The quantitative estimate of drug-likeness (QED) is 0.236. The van der Waals surface area contributed by atoms with Crippen LogP contribution in [0.3, 0.4) is 0 Å². The van der Waals surface area contributed by atoms with Crippen molar-refractivity contribution >= 4 is 5.57 Å². The Hall–Kier alpha value is -4.16. The van der Waals surface area contributed by atoms with Crippen LogP contribution in [0.15, 0.2) is 97.1 Å². The Morgan fingerprint density at radius 3 is 1.88 bits per heavy atom. The summed E-state index contributed by atoms with van der Waals surface area (Å²) in [4.78, 5) is 0. The Balaban J connectivity index is 1.81. The van der Waals surface area contributed by atoms with Gasteiger partial charge in [0.2, 0.25) is 0 Å². The first-order valence-corrected chi connectivity index (χ1v) is 11.4. The lowest BCUT2D eigenvalue weighted by Crippen LogP contribution is -2.10. The number of rotatable bonds is 5. The molecule has 0 unspecified atom stereocenters. The maximum absolute atomic E-state index is 5.72. The molecule has 168 valence electrons. The molecule has 0 radical (unpaired) electrons. The Kier molecular flexibility index (Phi) is 6.61. The molecule has 4 aromatic rings. The molecule has 0 aliphatic heterocycles. The van der Waals surface area contributed by atoms with Crippen LogP contribution < -0.4 is 0 Å². The molecule has 1 aromatic heterocycles. The highest BCUT2D eigenvalue weighted by Crippen LogP contribution is 2.31. The third-order valence-corrected chi connectivity index (χ3v) is 5.75. The van der Waals surface area contributed by atoms with Crippen molar-refractivity contribution in [2.75, 3.05) is 0 Å². The van der Waals surface area contributed by atoms with Crippen LogP contribution in [-0.2, 0) is 5.41 Å². The average molecular weight is 444 g/mol. The minimum Gasteiger partial charge on any atom is -0.275 e. The number of nitrogens with zero attached hydrogens (tertiary/aromatic N) is 3. The van der Waals surface area contributed by atoms with Crippen molar-refractivity contribution in [1.82, 2.24) is 14.8 Å². The van der Waals surface area contributed by atoms with E-state index in [0.717, 1.165) is 39.6 Å². The van der Waals surface area contributed by atoms with Crippen molar-refractivity contribution in [3.8, 4) is 40.8 Å². The smallest absolute Gasteiger partial charge is 0.168 e. The fourth-order valence-corrected chi connectivity index (χ4v) is 3.82. The Bertz CT molecular complexity index is 1360. The first-order valence-electron chi connectivity index (χ1n) is 11.4. The molecule has 3 nitrogen and oxygen atoms in total. The number of terminal acetylenes is 1. The summed E-state index contributed by atoms with van der Waals surface area (Å²) in [5.74, 6) is 4.36. The Morgan fingerprint density at radius 1 is 0.824 bits per heavy atom. The van der Waals surface area contributed by atoms with Crippen LogP contribution in [0, 0.1) is 12.3 Å². The van der Waals surface area contributed by atoms with E-state index in [1.54, 1.807) is 0 Å². The molecule has 0 aliphatic carbocycles. The Labute approximate surface area is 202 Å². The van der Waals surface area contributed by atoms with E-state index in [9.17, 15) is 0 Å². The number of allylic oxidation sites excluding steroid dienone is 4. The van der Waals surface area contributed by atoms with Crippen molar-refractivity contribution in [3.05, 3.63) is 108 Å². The number of hydrogen-bond donors (Lipinski definition) is 0. The molecular weight excluding hydrogens is 414 g/mol. The van der Waals surface area contributed by atoms with E-state index in [1.165, 1.54) is 5.56 Å². The standard InChI is InChI=1S/C31H29N3/c1-6-8-12-23(7-2)24-15-17-25(18-16-24)29-32-33-30(34(29)28-13-10-9-11-14-28)26-19-21-27(22-20-26)31(3,4)5/h2,6,8-22H,1,3-5H3/b8-6-,23-12+. The fourth-order valence-electron chi connectivity index (χ4n) is 3.82. The number of hydrogen-bond acceptors (Lipinski definition) is 2. The van der Waals surface area contributed by atoms with Gasteiger partial charge in [0.25, 0.3) is 0 Å². The van der Waals surface area contributed by atoms with Gasteiger partial charge >= 0.3 is 0 Å². The third-order valence-electron chi connectivity index (χ3n) is 5.75. The molecule has 0 fully saturated rings. The highest BCUT2D eigenvalue weighted by molar-refractivity contribution is 5.80. The zero-order valence-electron chi connectivity index (χ0n) is 20.2. The van der Waals surface area contributed by atoms with Crippen molar-refractivity contribution in [2.45, 2.75) is 33.1 Å². The summed E-state index contributed by atoms with van der Waals surface area (Å²) in [7, 11) is 0. The predicted octanol–water partition coefficient (Wildman–Crippen LogP) is 7.49. The maximum atomic E-state index is 5.72. The average Bonchev–Trinajstić information content (AvgIpc) is 3.30. The first-order chi connectivity index (χ1) is 16.4. The van der Waals surface area contributed by atoms with Crippen LogP contribution in [0.1, 0.15) is 38.8 Å². The van der Waals surface area contributed by atoms with Crippen LogP contribution in [0.25, 0.3) is 34.0 Å². The molecule has 3 heteroatoms. The van der Waals surface area contributed by atoms with Gasteiger partial charge in [-0.2, -0.15) is 0 Å². The van der Waals surface area contributed by atoms with E-state index in [4.69, 9.17) is 6.42 Å². The highest BCUT2D eigenvalue weighted by atomic mass is 15.3. The lowest BCUT2D eigenvalue weighted by Gasteiger charge is -2.19. The maximum Gasteiger partial charge on any atom is 0.168 e. The van der Waals surface area contributed by atoms with E-state index in [0.29, 0.717) is 0 Å². The minimum atomic E-state index is 0.0944. The van der Waals surface area contributed by atoms with E-state index in [1.807, 2.05) is 67.6 Å². The summed E-state index contributed by atoms with van der Waals surface area (Å²) in [6, 6.07) is 27.0. The molecule has 0 saturated heterocycles. The van der Waals surface area contributed by atoms with E-state index < -0.39 is 0 Å². The zero-order chi connectivity index (χ0) is 24.1. The molecule has 0 bridgehead atoms. The third kappa shape index (κ3) is 4.77. The van der Waals surface area contributed by atoms with Crippen molar-refractivity contribution in [3.63, 3.8) is 0 Å². The molecule has 0 spiro atoms. The number of aromatic nitrogens is 3. The van der Waals surface area contributed by atoms with E-state index >= 15 is 0 Å². The van der Waals surface area contributed by atoms with Gasteiger partial charge in [0.1, 0.15) is 0 Å². The van der Waals surface area contributed by atoms with E-state index in [2.05, 4.69) is 77.9 Å². The number of benzene rings is 3. The van der Waals surface area contributed by atoms with Crippen LogP contribution in [0.2, 0.25) is 0 Å². The summed E-state index contributed by atoms with van der Waals surface area (Å²) in [5, 5.41) is 9.21. The van der Waals surface area contributed by atoms with Gasteiger partial charge in [-0.3, -0.25) is 4.57 Å². The van der Waals surface area contributed by atoms with Gasteiger partial charge in [0, 0.05) is 22.4 Å². The summed E-state index contributed by atoms with van der Waals surface area (Å²) < 4.78 is 2.11. The Morgan fingerprint density at radius 2 is 1.38 bits per heavy atom. The van der Waals surface area contributed by atoms with Gasteiger partial charge in [0.05, 0.1) is 0 Å². The molecule has 34 heavy (non-hydrogen) atoms. The van der Waals surface area contributed by atoms with Crippen LogP contribution in [-0.4, -0.2) is 14.8 Å². The molecule has 0 atom stereocenters. The van der Waals surface area contributed by atoms with Gasteiger partial charge in [0.15, 0.2) is 11.6 Å². The SMILES string of the molecule is C#C/C(=C\C=C/C)c1ccc(-c2nnc(-c3ccc(C(C)(C)C)cc3)n2-c2ccccc2)cc1. The summed E-state index contributed by atoms with van der Waals surface area (Å²) in [6.45, 7) is 8.62. The van der Waals surface area contributed by atoms with Crippen molar-refractivity contribution in [1.29, 1.82) is 0 Å². The molecule has 0 aliphatic rings. The van der Waals surface area contributed by atoms with Crippen LogP contribution >= 0.6 is 0 Å². The van der Waals surface area contributed by atoms with Gasteiger partial charge in [-0.1, -0.05) is 106 Å². The summed E-state index contributed by atoms with van der Waals surface area (Å²) in [5.41, 5.74) is 6.22. The second-order valence-corrected chi connectivity index (χ2v) is 9.17. The van der Waals surface area contributed by atoms with Crippen LogP contribution in [0.4, 0.5) is 0 Å². The molecule has 0 N–H and O–H groups in total. The largest absolute Gasteiger partial charge is 0.275 e. The highest BCUT2D eigenvalue weighted by Gasteiger charge is 2.19. The topological polar surface area (TPSA) is 30.7 Å². The molecule has 0 amide bonds.